The highest BCUT2D eigenvalue weighted by molar-refractivity contribution is 5.92. The van der Waals surface area contributed by atoms with Crippen LogP contribution in [0.25, 0.3) is 0 Å². The fourth-order valence-electron chi connectivity index (χ4n) is 6.35. The molecule has 4 aliphatic carbocycles. The molecule has 4 nitrogen and oxygen atoms in total. The number of nitrogens with zero attached hydrogens (tertiary/aromatic N) is 2. The molecule has 26 heavy (non-hydrogen) atoms. The molecule has 1 saturated heterocycles. The zero-order chi connectivity index (χ0) is 17.7. The Morgan fingerprint density at radius 2 is 1.69 bits per heavy atom. The van der Waals surface area contributed by atoms with E-state index < -0.39 is 0 Å². The summed E-state index contributed by atoms with van der Waals surface area (Å²) in [7, 11) is 0. The maximum atomic E-state index is 12.9. The quantitative estimate of drug-likeness (QED) is 0.897. The molecule has 4 bridgehead atoms. The third kappa shape index (κ3) is 3.01. The minimum absolute atomic E-state index is 0.0368. The second kappa shape index (κ2) is 6.54. The van der Waals surface area contributed by atoms with Gasteiger partial charge in [0, 0.05) is 19.1 Å². The Bertz CT molecular complexity index is 652. The van der Waals surface area contributed by atoms with Gasteiger partial charge in [-0.15, -0.1) is 0 Å². The highest BCUT2D eigenvalue weighted by Crippen LogP contribution is 2.53. The fraction of sp³-hybridized carbons (Fsp3) is 0.727. The molecule has 0 atom stereocenters. The van der Waals surface area contributed by atoms with Crippen LogP contribution in [0.5, 0.6) is 0 Å². The van der Waals surface area contributed by atoms with Crippen LogP contribution in [0.2, 0.25) is 0 Å². The molecule has 140 valence electrons. The number of rotatable bonds is 3. The summed E-state index contributed by atoms with van der Waals surface area (Å²) in [6, 6.07) is 6.31. The standard InChI is InChI=1S/C22H31N3O/c1-14-5-7-25(8-6-14)20-4-2-3-19(23-20)22(26)24-21-17-10-15-9-16(12-17)13-18(21)11-15/h2-4,14-18,21H,5-13H2,1H3,(H,24,26). The lowest BCUT2D eigenvalue weighted by atomic mass is 9.54. The van der Waals surface area contributed by atoms with Gasteiger partial charge in [-0.05, 0) is 86.7 Å². The van der Waals surface area contributed by atoms with Crippen LogP contribution in [0.1, 0.15) is 62.4 Å². The Morgan fingerprint density at radius 3 is 2.35 bits per heavy atom. The topological polar surface area (TPSA) is 45.2 Å². The van der Waals surface area contributed by atoms with E-state index in [2.05, 4.69) is 23.2 Å². The first kappa shape index (κ1) is 16.6. The molecular formula is C22H31N3O. The average Bonchev–Trinajstić information content (AvgIpc) is 2.65. The molecule has 2 heterocycles. The first-order valence-corrected chi connectivity index (χ1v) is 10.7. The molecule has 1 amide bonds. The maximum Gasteiger partial charge on any atom is 0.270 e. The van der Waals surface area contributed by atoms with Crippen molar-refractivity contribution in [1.29, 1.82) is 0 Å². The number of anilines is 1. The van der Waals surface area contributed by atoms with Gasteiger partial charge in [-0.2, -0.15) is 0 Å². The molecule has 6 rings (SSSR count). The van der Waals surface area contributed by atoms with E-state index in [1.54, 1.807) is 0 Å². The first-order valence-electron chi connectivity index (χ1n) is 10.7. The Balaban J connectivity index is 1.28. The second-order valence-corrected chi connectivity index (χ2v) is 9.48. The molecule has 0 aromatic carbocycles. The third-order valence-electron chi connectivity index (χ3n) is 7.60. The summed E-state index contributed by atoms with van der Waals surface area (Å²) < 4.78 is 0. The SMILES string of the molecule is CC1CCN(c2cccc(C(=O)NC3C4CC5CC(C4)CC3C5)n2)CC1. The molecule has 1 aromatic heterocycles. The summed E-state index contributed by atoms with van der Waals surface area (Å²) in [6.07, 6.45) is 9.20. The first-order chi connectivity index (χ1) is 12.7. The smallest absolute Gasteiger partial charge is 0.270 e. The van der Waals surface area contributed by atoms with E-state index >= 15 is 0 Å². The van der Waals surface area contributed by atoms with E-state index in [1.165, 1.54) is 44.9 Å². The molecule has 0 unspecified atom stereocenters. The summed E-state index contributed by atoms with van der Waals surface area (Å²) >= 11 is 0. The predicted molar refractivity (Wildman–Crippen MR) is 103 cm³/mol. The summed E-state index contributed by atoms with van der Waals surface area (Å²) in [6.45, 7) is 4.42. The van der Waals surface area contributed by atoms with Crippen molar-refractivity contribution >= 4 is 11.7 Å². The van der Waals surface area contributed by atoms with Gasteiger partial charge in [-0.25, -0.2) is 4.98 Å². The Kier molecular flexibility index (Phi) is 4.17. The summed E-state index contributed by atoms with van der Waals surface area (Å²) in [5.74, 6) is 5.10. The van der Waals surface area contributed by atoms with Crippen LogP contribution in [-0.4, -0.2) is 30.0 Å². The lowest BCUT2D eigenvalue weighted by Crippen LogP contribution is -2.55. The Hall–Kier alpha value is -1.58. The van der Waals surface area contributed by atoms with Gasteiger partial charge in [0.05, 0.1) is 0 Å². The van der Waals surface area contributed by atoms with E-state index in [0.29, 0.717) is 23.6 Å². The van der Waals surface area contributed by atoms with Crippen molar-refractivity contribution < 1.29 is 4.79 Å². The molecule has 1 aromatic rings. The number of aromatic nitrogens is 1. The molecular weight excluding hydrogens is 322 g/mol. The average molecular weight is 354 g/mol. The van der Waals surface area contributed by atoms with Crippen molar-refractivity contribution in [2.45, 2.75) is 57.9 Å². The summed E-state index contributed by atoms with van der Waals surface area (Å²) in [5.41, 5.74) is 0.593. The van der Waals surface area contributed by atoms with Gasteiger partial charge >= 0.3 is 0 Å². The van der Waals surface area contributed by atoms with Gasteiger partial charge in [0.15, 0.2) is 0 Å². The third-order valence-corrected chi connectivity index (χ3v) is 7.60. The summed E-state index contributed by atoms with van der Waals surface area (Å²) in [5, 5.41) is 3.40. The number of pyridine rings is 1. The number of nitrogens with one attached hydrogen (secondary N) is 1. The normalized spacial score (nSPS) is 36.3. The molecule has 5 aliphatic rings. The molecule has 5 fully saturated rings. The largest absolute Gasteiger partial charge is 0.357 e. The van der Waals surface area contributed by atoms with Crippen molar-refractivity contribution in [3.05, 3.63) is 23.9 Å². The van der Waals surface area contributed by atoms with Crippen LogP contribution in [0, 0.1) is 29.6 Å². The van der Waals surface area contributed by atoms with Crippen LogP contribution in [-0.2, 0) is 0 Å². The van der Waals surface area contributed by atoms with Crippen LogP contribution in [0.4, 0.5) is 5.82 Å². The lowest BCUT2D eigenvalue weighted by Gasteiger charge is -2.54. The van der Waals surface area contributed by atoms with Gasteiger partial charge in [0.2, 0.25) is 0 Å². The number of amides is 1. The van der Waals surface area contributed by atoms with Crippen molar-refractivity contribution in [3.8, 4) is 0 Å². The van der Waals surface area contributed by atoms with Crippen LogP contribution < -0.4 is 10.2 Å². The molecule has 0 radical (unpaired) electrons. The van der Waals surface area contributed by atoms with E-state index in [-0.39, 0.29) is 5.91 Å². The second-order valence-electron chi connectivity index (χ2n) is 9.48. The monoisotopic (exact) mass is 353 g/mol. The zero-order valence-electron chi connectivity index (χ0n) is 15.9. The van der Waals surface area contributed by atoms with Crippen LogP contribution in [0.3, 0.4) is 0 Å². The van der Waals surface area contributed by atoms with Gasteiger partial charge in [0.1, 0.15) is 11.5 Å². The maximum absolute atomic E-state index is 12.9. The van der Waals surface area contributed by atoms with Crippen molar-refractivity contribution in [2.24, 2.45) is 29.6 Å². The van der Waals surface area contributed by atoms with E-state index in [1.807, 2.05) is 12.1 Å². The van der Waals surface area contributed by atoms with Crippen molar-refractivity contribution in [2.75, 3.05) is 18.0 Å². The Labute approximate surface area is 156 Å². The van der Waals surface area contributed by atoms with Crippen LogP contribution in [0.15, 0.2) is 18.2 Å². The summed E-state index contributed by atoms with van der Waals surface area (Å²) in [4.78, 5) is 20.0. The minimum Gasteiger partial charge on any atom is -0.357 e. The van der Waals surface area contributed by atoms with E-state index in [9.17, 15) is 4.79 Å². The highest BCUT2D eigenvalue weighted by atomic mass is 16.2. The lowest BCUT2D eigenvalue weighted by molar-refractivity contribution is -0.0120. The number of hydrogen-bond donors (Lipinski definition) is 1. The number of carbonyl (C=O) groups excluding carboxylic acids is 1. The molecule has 4 saturated carbocycles. The van der Waals surface area contributed by atoms with Crippen LogP contribution >= 0.6 is 0 Å². The number of hydrogen-bond acceptors (Lipinski definition) is 3. The number of piperidine rings is 1. The Morgan fingerprint density at radius 1 is 1.04 bits per heavy atom. The van der Waals surface area contributed by atoms with E-state index in [0.717, 1.165) is 36.7 Å². The van der Waals surface area contributed by atoms with Crippen molar-refractivity contribution in [1.82, 2.24) is 10.3 Å². The van der Waals surface area contributed by atoms with Crippen molar-refractivity contribution in [3.63, 3.8) is 0 Å². The fourth-order valence-corrected chi connectivity index (χ4v) is 6.35. The molecule has 1 aliphatic heterocycles. The van der Waals surface area contributed by atoms with E-state index in [4.69, 9.17) is 4.98 Å². The zero-order valence-corrected chi connectivity index (χ0v) is 15.9. The molecule has 1 N–H and O–H groups in total. The highest BCUT2D eigenvalue weighted by Gasteiger charge is 2.48. The van der Waals surface area contributed by atoms with Gasteiger partial charge < -0.3 is 10.2 Å². The van der Waals surface area contributed by atoms with Gasteiger partial charge in [0.25, 0.3) is 5.91 Å². The number of carbonyl (C=O) groups is 1. The molecule has 0 spiro atoms. The van der Waals surface area contributed by atoms with Gasteiger partial charge in [-0.3, -0.25) is 4.79 Å². The predicted octanol–water partition coefficient (Wildman–Crippen LogP) is 3.87. The molecule has 4 heteroatoms. The van der Waals surface area contributed by atoms with Gasteiger partial charge in [-0.1, -0.05) is 13.0 Å². The minimum atomic E-state index is 0.0368.